The van der Waals surface area contributed by atoms with E-state index in [9.17, 15) is 0 Å². The smallest absolute Gasteiger partial charge is 0.0705 e. The van der Waals surface area contributed by atoms with Crippen molar-refractivity contribution in [3.63, 3.8) is 0 Å². The Hall–Kier alpha value is -2.41. The summed E-state index contributed by atoms with van der Waals surface area (Å²) in [5, 5.41) is 0. The number of benzene rings is 2. The molecule has 1 nitrogen and oxygen atoms in total. The van der Waals surface area contributed by atoms with Crippen LogP contribution in [0.15, 0.2) is 54.7 Å². The quantitative estimate of drug-likeness (QED) is 0.477. The molecule has 1 saturated carbocycles. The van der Waals surface area contributed by atoms with Gasteiger partial charge in [0.25, 0.3) is 0 Å². The standard InChI is InChI=1S/C26H29N/c1-18-9-7-8-12-23(18)25-15-22(14-13-19(25)2)26-16-24(20(3)17-27-26)21-10-5-4-6-11-21/h7-9,12-17,21H,4-6,10-11H2,1-3H3. The van der Waals surface area contributed by atoms with Crippen molar-refractivity contribution in [2.75, 3.05) is 0 Å². The second-order valence-electron chi connectivity index (χ2n) is 8.11. The van der Waals surface area contributed by atoms with E-state index in [1.807, 2.05) is 0 Å². The Morgan fingerprint density at radius 3 is 2.26 bits per heavy atom. The normalized spacial score (nSPS) is 15.1. The van der Waals surface area contributed by atoms with Crippen molar-refractivity contribution in [3.05, 3.63) is 77.0 Å². The van der Waals surface area contributed by atoms with E-state index in [0.717, 1.165) is 5.69 Å². The van der Waals surface area contributed by atoms with Crippen LogP contribution in [0.2, 0.25) is 0 Å². The second-order valence-corrected chi connectivity index (χ2v) is 8.11. The average molecular weight is 356 g/mol. The molecule has 0 spiro atoms. The van der Waals surface area contributed by atoms with Crippen molar-refractivity contribution < 1.29 is 0 Å². The number of hydrogen-bond donors (Lipinski definition) is 0. The molecule has 0 unspecified atom stereocenters. The molecule has 4 rings (SSSR count). The van der Waals surface area contributed by atoms with Crippen LogP contribution in [0.1, 0.15) is 60.3 Å². The van der Waals surface area contributed by atoms with E-state index < -0.39 is 0 Å². The molecule has 0 N–H and O–H groups in total. The summed E-state index contributed by atoms with van der Waals surface area (Å²) in [7, 11) is 0. The Balaban J connectivity index is 1.76. The Labute approximate surface area is 163 Å². The highest BCUT2D eigenvalue weighted by Crippen LogP contribution is 2.36. The third-order valence-electron chi connectivity index (χ3n) is 6.16. The minimum absolute atomic E-state index is 0.710. The zero-order valence-electron chi connectivity index (χ0n) is 16.8. The van der Waals surface area contributed by atoms with Gasteiger partial charge in [-0.3, -0.25) is 4.98 Å². The first kappa shape index (κ1) is 18.0. The fourth-order valence-corrected chi connectivity index (χ4v) is 4.50. The number of pyridine rings is 1. The van der Waals surface area contributed by atoms with Crippen LogP contribution in [-0.4, -0.2) is 4.98 Å². The van der Waals surface area contributed by atoms with Crippen molar-refractivity contribution >= 4 is 0 Å². The topological polar surface area (TPSA) is 12.9 Å². The van der Waals surface area contributed by atoms with E-state index in [4.69, 9.17) is 4.98 Å². The zero-order chi connectivity index (χ0) is 18.8. The van der Waals surface area contributed by atoms with Crippen molar-refractivity contribution in [1.82, 2.24) is 4.98 Å². The molecule has 27 heavy (non-hydrogen) atoms. The third kappa shape index (κ3) is 3.69. The maximum Gasteiger partial charge on any atom is 0.0705 e. The predicted octanol–water partition coefficient (Wildman–Crippen LogP) is 7.39. The van der Waals surface area contributed by atoms with Crippen LogP contribution in [-0.2, 0) is 0 Å². The lowest BCUT2D eigenvalue weighted by molar-refractivity contribution is 0.442. The monoisotopic (exact) mass is 355 g/mol. The summed E-state index contributed by atoms with van der Waals surface area (Å²) in [6.45, 7) is 6.60. The Kier molecular flexibility index (Phi) is 5.11. The molecule has 0 aliphatic heterocycles. The van der Waals surface area contributed by atoms with Gasteiger partial charge < -0.3 is 0 Å². The zero-order valence-corrected chi connectivity index (χ0v) is 16.8. The number of rotatable bonds is 3. The Morgan fingerprint density at radius 1 is 0.741 bits per heavy atom. The fraction of sp³-hybridized carbons (Fsp3) is 0.346. The number of hydrogen-bond acceptors (Lipinski definition) is 1. The third-order valence-corrected chi connectivity index (χ3v) is 6.16. The lowest BCUT2D eigenvalue weighted by Gasteiger charge is -2.24. The molecule has 1 heteroatoms. The van der Waals surface area contributed by atoms with E-state index in [-0.39, 0.29) is 0 Å². The summed E-state index contributed by atoms with van der Waals surface area (Å²) in [6, 6.07) is 17.8. The van der Waals surface area contributed by atoms with Crippen LogP contribution >= 0.6 is 0 Å². The molecular formula is C26H29N. The Morgan fingerprint density at radius 2 is 1.48 bits per heavy atom. The number of nitrogens with zero attached hydrogens (tertiary/aromatic N) is 1. The summed E-state index contributed by atoms with van der Waals surface area (Å²) >= 11 is 0. The van der Waals surface area contributed by atoms with Crippen molar-refractivity contribution in [2.24, 2.45) is 0 Å². The maximum absolute atomic E-state index is 4.79. The summed E-state index contributed by atoms with van der Waals surface area (Å²) in [5.41, 5.74) is 10.4. The van der Waals surface area contributed by atoms with Gasteiger partial charge in [-0.05, 0) is 85.0 Å². The number of aromatic nitrogens is 1. The van der Waals surface area contributed by atoms with E-state index in [2.05, 4.69) is 75.5 Å². The largest absolute Gasteiger partial charge is 0.256 e. The Bertz CT molecular complexity index is 948. The van der Waals surface area contributed by atoms with Gasteiger partial charge in [0.2, 0.25) is 0 Å². The average Bonchev–Trinajstić information content (AvgIpc) is 2.70. The lowest BCUT2D eigenvalue weighted by Crippen LogP contribution is -2.07. The fourth-order valence-electron chi connectivity index (χ4n) is 4.50. The molecule has 138 valence electrons. The van der Waals surface area contributed by atoms with Crippen molar-refractivity contribution in [1.29, 1.82) is 0 Å². The molecule has 1 aliphatic carbocycles. The summed E-state index contributed by atoms with van der Waals surface area (Å²) in [5.74, 6) is 0.710. The lowest BCUT2D eigenvalue weighted by atomic mass is 9.82. The van der Waals surface area contributed by atoms with Gasteiger partial charge in [-0.15, -0.1) is 0 Å². The first-order chi connectivity index (χ1) is 13.1. The van der Waals surface area contributed by atoms with E-state index in [1.54, 1.807) is 0 Å². The maximum atomic E-state index is 4.79. The molecule has 2 aromatic carbocycles. The van der Waals surface area contributed by atoms with Gasteiger partial charge in [0.05, 0.1) is 5.69 Å². The molecule has 1 heterocycles. The van der Waals surface area contributed by atoms with Gasteiger partial charge in [-0.25, -0.2) is 0 Å². The van der Waals surface area contributed by atoms with Crippen LogP contribution in [0, 0.1) is 20.8 Å². The van der Waals surface area contributed by atoms with E-state index in [1.165, 1.54) is 71.0 Å². The van der Waals surface area contributed by atoms with Crippen molar-refractivity contribution in [3.8, 4) is 22.4 Å². The molecule has 0 bridgehead atoms. The molecule has 0 amide bonds. The first-order valence-corrected chi connectivity index (χ1v) is 10.3. The number of aryl methyl sites for hydroxylation is 3. The first-order valence-electron chi connectivity index (χ1n) is 10.3. The molecule has 3 aromatic rings. The molecule has 0 radical (unpaired) electrons. The summed E-state index contributed by atoms with van der Waals surface area (Å²) < 4.78 is 0. The summed E-state index contributed by atoms with van der Waals surface area (Å²) in [6.07, 6.45) is 8.85. The SMILES string of the molecule is Cc1ccccc1-c1cc(-c2cc(C3CCCCC3)c(C)cn2)ccc1C. The highest BCUT2D eigenvalue weighted by Gasteiger charge is 2.18. The predicted molar refractivity (Wildman–Crippen MR) is 115 cm³/mol. The highest BCUT2D eigenvalue weighted by molar-refractivity contribution is 5.76. The molecule has 1 aliphatic rings. The van der Waals surface area contributed by atoms with Gasteiger partial charge in [-0.2, -0.15) is 0 Å². The van der Waals surface area contributed by atoms with Gasteiger partial charge in [0.15, 0.2) is 0 Å². The molecule has 1 fully saturated rings. The van der Waals surface area contributed by atoms with Crippen LogP contribution in [0.5, 0.6) is 0 Å². The minimum atomic E-state index is 0.710. The molecule has 1 aromatic heterocycles. The van der Waals surface area contributed by atoms with Crippen LogP contribution in [0.4, 0.5) is 0 Å². The molecule has 0 saturated heterocycles. The second kappa shape index (κ2) is 7.68. The van der Waals surface area contributed by atoms with Crippen LogP contribution in [0.25, 0.3) is 22.4 Å². The molecule has 0 atom stereocenters. The minimum Gasteiger partial charge on any atom is -0.256 e. The van der Waals surface area contributed by atoms with Gasteiger partial charge >= 0.3 is 0 Å². The van der Waals surface area contributed by atoms with Gasteiger partial charge in [0.1, 0.15) is 0 Å². The highest BCUT2D eigenvalue weighted by atomic mass is 14.7. The van der Waals surface area contributed by atoms with E-state index in [0.29, 0.717) is 5.92 Å². The van der Waals surface area contributed by atoms with E-state index >= 15 is 0 Å². The van der Waals surface area contributed by atoms with Gasteiger partial charge in [0, 0.05) is 11.8 Å². The molecular weight excluding hydrogens is 326 g/mol. The van der Waals surface area contributed by atoms with Crippen molar-refractivity contribution in [2.45, 2.75) is 58.8 Å². The van der Waals surface area contributed by atoms with Crippen LogP contribution < -0.4 is 0 Å². The van der Waals surface area contributed by atoms with Gasteiger partial charge in [-0.1, -0.05) is 55.7 Å². The van der Waals surface area contributed by atoms with Crippen LogP contribution in [0.3, 0.4) is 0 Å². The summed E-state index contributed by atoms with van der Waals surface area (Å²) in [4.78, 5) is 4.79.